The van der Waals surface area contributed by atoms with Gasteiger partial charge >= 0.3 is 0 Å². The first kappa shape index (κ1) is 24.6. The van der Waals surface area contributed by atoms with Gasteiger partial charge < -0.3 is 15.3 Å². The minimum Gasteiger partial charge on any atom is -0.393 e. The standard InChI is InChI=1S/C25H33F2N7O2.H2/c1-15(2)16-3-5-17(6-4-16)34-14-20(22(31-34)23(26)27)29-25(36)19-13-28-33-12-9-21(30-24(19)33)32-10-7-18(35)8-11-32;/h9,12-18,23,35H,3-8,10-11H2,1-2H3,(H,29,36);1H. The number of carbonyl (C=O) groups is 1. The zero-order valence-corrected chi connectivity index (χ0v) is 20.6. The van der Waals surface area contributed by atoms with Crippen molar-refractivity contribution in [1.82, 2.24) is 24.4 Å². The molecule has 9 nitrogen and oxygen atoms in total. The van der Waals surface area contributed by atoms with Crippen molar-refractivity contribution in [3.05, 3.63) is 35.9 Å². The van der Waals surface area contributed by atoms with Crippen LogP contribution in [0.5, 0.6) is 0 Å². The Morgan fingerprint density at radius 3 is 2.56 bits per heavy atom. The van der Waals surface area contributed by atoms with Crippen LogP contribution >= 0.6 is 0 Å². The highest BCUT2D eigenvalue weighted by Crippen LogP contribution is 2.37. The van der Waals surface area contributed by atoms with E-state index >= 15 is 0 Å². The van der Waals surface area contributed by atoms with Crippen molar-refractivity contribution in [3.8, 4) is 0 Å². The van der Waals surface area contributed by atoms with Gasteiger partial charge in [-0.25, -0.2) is 18.3 Å². The lowest BCUT2D eigenvalue weighted by Crippen LogP contribution is -2.36. The summed E-state index contributed by atoms with van der Waals surface area (Å²) < 4.78 is 30.7. The molecule has 2 N–H and O–H groups in total. The first-order chi connectivity index (χ1) is 17.3. The molecule has 0 atom stereocenters. The second kappa shape index (κ2) is 10.1. The van der Waals surface area contributed by atoms with E-state index in [1.165, 1.54) is 16.9 Å². The number of fused-ring (bicyclic) bond motifs is 1. The van der Waals surface area contributed by atoms with Crippen LogP contribution in [-0.4, -0.2) is 54.6 Å². The smallest absolute Gasteiger partial charge is 0.284 e. The fourth-order valence-corrected chi connectivity index (χ4v) is 5.36. The number of nitrogens with one attached hydrogen (secondary N) is 1. The summed E-state index contributed by atoms with van der Waals surface area (Å²) in [6.07, 6.45) is 6.68. The topological polar surface area (TPSA) is 101 Å². The molecule has 11 heteroatoms. The van der Waals surface area contributed by atoms with Gasteiger partial charge in [-0.05, 0) is 56.4 Å². The molecule has 0 aromatic carbocycles. The molecular formula is C25H35F2N7O2. The highest BCUT2D eigenvalue weighted by Gasteiger charge is 2.28. The maximum atomic E-state index is 13.8. The number of piperidine rings is 1. The van der Waals surface area contributed by atoms with Crippen LogP contribution in [0.2, 0.25) is 0 Å². The lowest BCUT2D eigenvalue weighted by Gasteiger charge is -2.30. The number of nitrogens with zero attached hydrogens (tertiary/aromatic N) is 6. The van der Waals surface area contributed by atoms with Crippen LogP contribution in [0.3, 0.4) is 0 Å². The van der Waals surface area contributed by atoms with E-state index in [-0.39, 0.29) is 24.8 Å². The number of rotatable bonds is 6. The molecule has 1 saturated heterocycles. The molecule has 0 radical (unpaired) electrons. The third-order valence-corrected chi connectivity index (χ3v) is 7.66. The van der Waals surface area contributed by atoms with Crippen molar-refractivity contribution >= 4 is 23.1 Å². The summed E-state index contributed by atoms with van der Waals surface area (Å²) in [7, 11) is 0. The maximum absolute atomic E-state index is 13.8. The molecule has 2 fully saturated rings. The van der Waals surface area contributed by atoms with Crippen LogP contribution in [0, 0.1) is 11.8 Å². The zero-order chi connectivity index (χ0) is 25.4. The molecule has 3 aromatic rings. The molecule has 3 aromatic heterocycles. The molecule has 1 amide bonds. The van der Waals surface area contributed by atoms with Gasteiger partial charge in [-0.1, -0.05) is 13.8 Å². The van der Waals surface area contributed by atoms with Crippen LogP contribution < -0.4 is 10.2 Å². The van der Waals surface area contributed by atoms with Crippen molar-refractivity contribution in [1.29, 1.82) is 0 Å². The SMILES string of the molecule is CC(C)C1CCC(n2cc(NC(=O)c3cnn4ccc(N5CCC(O)CC5)nc34)c(C(F)F)n2)CC1.[HH]. The van der Waals surface area contributed by atoms with Gasteiger partial charge in [0.05, 0.1) is 24.0 Å². The summed E-state index contributed by atoms with van der Waals surface area (Å²) in [6, 6.07) is 1.86. The lowest BCUT2D eigenvalue weighted by molar-refractivity contribution is 0.102. The Kier molecular flexibility index (Phi) is 6.92. The zero-order valence-electron chi connectivity index (χ0n) is 20.6. The maximum Gasteiger partial charge on any atom is 0.284 e. The van der Waals surface area contributed by atoms with Crippen molar-refractivity contribution < 1.29 is 20.1 Å². The predicted molar refractivity (Wildman–Crippen MR) is 134 cm³/mol. The predicted octanol–water partition coefficient (Wildman–Crippen LogP) is 4.71. The molecule has 0 bridgehead atoms. The van der Waals surface area contributed by atoms with Crippen LogP contribution in [0.15, 0.2) is 24.7 Å². The van der Waals surface area contributed by atoms with E-state index in [0.29, 0.717) is 49.2 Å². The van der Waals surface area contributed by atoms with Crippen LogP contribution in [0.25, 0.3) is 5.65 Å². The summed E-state index contributed by atoms with van der Waals surface area (Å²) in [5.74, 6) is 1.38. The van der Waals surface area contributed by atoms with Gasteiger partial charge in [0.15, 0.2) is 11.3 Å². The average Bonchev–Trinajstić information content (AvgIpc) is 3.49. The van der Waals surface area contributed by atoms with Crippen molar-refractivity contribution in [3.63, 3.8) is 0 Å². The number of anilines is 2. The average molecular weight is 504 g/mol. The third kappa shape index (κ3) is 4.93. The molecule has 4 heterocycles. The summed E-state index contributed by atoms with van der Waals surface area (Å²) in [6.45, 7) is 5.76. The minimum absolute atomic E-state index is 0. The monoisotopic (exact) mass is 503 g/mol. The van der Waals surface area contributed by atoms with Gasteiger partial charge in [-0.3, -0.25) is 9.48 Å². The van der Waals surface area contributed by atoms with E-state index < -0.39 is 18.0 Å². The largest absolute Gasteiger partial charge is 0.393 e. The summed E-state index contributed by atoms with van der Waals surface area (Å²) in [4.78, 5) is 19.8. The number of carbonyl (C=O) groups excluding carboxylic acids is 1. The van der Waals surface area contributed by atoms with E-state index in [9.17, 15) is 18.7 Å². The van der Waals surface area contributed by atoms with Gasteiger partial charge in [0.2, 0.25) is 0 Å². The summed E-state index contributed by atoms with van der Waals surface area (Å²) in [5.41, 5.74) is 0.126. The van der Waals surface area contributed by atoms with Crippen molar-refractivity contribution in [2.45, 2.75) is 70.9 Å². The van der Waals surface area contributed by atoms with E-state index in [1.807, 2.05) is 11.0 Å². The highest BCUT2D eigenvalue weighted by atomic mass is 19.3. The van der Waals surface area contributed by atoms with Gasteiger partial charge in [0.1, 0.15) is 11.4 Å². The number of aliphatic hydroxyl groups is 1. The number of hydrogen-bond acceptors (Lipinski definition) is 6. The molecule has 5 rings (SSSR count). The minimum atomic E-state index is -2.81. The van der Waals surface area contributed by atoms with Crippen LogP contribution in [-0.2, 0) is 0 Å². The Morgan fingerprint density at radius 1 is 1.17 bits per heavy atom. The van der Waals surface area contributed by atoms with E-state index in [4.69, 9.17) is 0 Å². The molecule has 2 aliphatic rings. The molecular weight excluding hydrogens is 468 g/mol. The first-order valence-corrected chi connectivity index (χ1v) is 12.8. The highest BCUT2D eigenvalue weighted by molar-refractivity contribution is 6.08. The Balaban J connectivity index is 0.00000320. The molecule has 1 aliphatic heterocycles. The van der Waals surface area contributed by atoms with E-state index in [0.717, 1.165) is 25.7 Å². The van der Waals surface area contributed by atoms with Crippen molar-refractivity contribution in [2.75, 3.05) is 23.3 Å². The second-order valence-electron chi connectivity index (χ2n) is 10.3. The van der Waals surface area contributed by atoms with E-state index in [2.05, 4.69) is 34.3 Å². The number of hydrogen-bond donors (Lipinski definition) is 2. The number of aliphatic hydroxyl groups excluding tert-OH is 1. The molecule has 0 spiro atoms. The number of aromatic nitrogens is 5. The number of halogens is 2. The van der Waals surface area contributed by atoms with Crippen LogP contribution in [0.1, 0.15) is 82.3 Å². The van der Waals surface area contributed by atoms with E-state index in [1.54, 1.807) is 10.9 Å². The Hall–Kier alpha value is -3.08. The van der Waals surface area contributed by atoms with Gasteiger partial charge in [-0.2, -0.15) is 10.2 Å². The van der Waals surface area contributed by atoms with Crippen LogP contribution in [0.4, 0.5) is 20.3 Å². The number of alkyl halides is 2. The van der Waals surface area contributed by atoms with Gasteiger partial charge in [-0.15, -0.1) is 0 Å². The fraction of sp³-hybridized carbons (Fsp3) is 0.600. The number of amides is 1. The molecule has 1 aliphatic carbocycles. The fourth-order valence-electron chi connectivity index (χ4n) is 5.36. The molecule has 1 saturated carbocycles. The van der Waals surface area contributed by atoms with Gasteiger partial charge in [0.25, 0.3) is 12.3 Å². The lowest BCUT2D eigenvalue weighted by atomic mass is 9.80. The Morgan fingerprint density at radius 2 is 1.89 bits per heavy atom. The first-order valence-electron chi connectivity index (χ1n) is 12.8. The summed E-state index contributed by atoms with van der Waals surface area (Å²) >= 11 is 0. The quantitative estimate of drug-likeness (QED) is 0.505. The molecule has 196 valence electrons. The normalized spacial score (nSPS) is 21.6. The van der Waals surface area contributed by atoms with Crippen molar-refractivity contribution in [2.24, 2.45) is 11.8 Å². The molecule has 36 heavy (non-hydrogen) atoms. The summed E-state index contributed by atoms with van der Waals surface area (Å²) in [5, 5.41) is 20.8. The Labute approximate surface area is 210 Å². The third-order valence-electron chi connectivity index (χ3n) is 7.66. The van der Waals surface area contributed by atoms with Gasteiger partial charge in [0, 0.05) is 26.9 Å². The second-order valence-corrected chi connectivity index (χ2v) is 10.3. The Bertz CT molecular complexity index is 1220. The molecule has 0 unspecified atom stereocenters.